The molecule has 2 aromatic rings. The summed E-state index contributed by atoms with van der Waals surface area (Å²) in [6.07, 6.45) is 0.303. The first-order valence-electron chi connectivity index (χ1n) is 5.87. The third-order valence-electron chi connectivity index (χ3n) is 2.78. The Bertz CT molecular complexity index is 682. The molecule has 1 aromatic carbocycles. The minimum Gasteiger partial charge on any atom is -0.467 e. The lowest BCUT2D eigenvalue weighted by molar-refractivity contribution is 0.154. The smallest absolute Gasteiger partial charge is 0.240 e. The predicted octanol–water partition coefficient (Wildman–Crippen LogP) is 1.74. The number of halogens is 1. The SMILES string of the molecule is Cc1cc(S(=O)(=O)NCC(O)c2ccco2)ccc1F. The van der Waals surface area contributed by atoms with Crippen molar-refractivity contribution < 1.29 is 22.3 Å². The molecule has 2 N–H and O–H groups in total. The molecule has 0 saturated heterocycles. The molecule has 0 fully saturated rings. The van der Waals surface area contributed by atoms with Crippen LogP contribution in [0.15, 0.2) is 45.9 Å². The van der Waals surface area contributed by atoms with Crippen molar-refractivity contribution in [1.29, 1.82) is 0 Å². The highest BCUT2D eigenvalue weighted by atomic mass is 32.2. The number of hydrogen-bond donors (Lipinski definition) is 2. The van der Waals surface area contributed by atoms with E-state index in [9.17, 15) is 17.9 Å². The topological polar surface area (TPSA) is 79.5 Å². The van der Waals surface area contributed by atoms with Crippen molar-refractivity contribution in [3.63, 3.8) is 0 Å². The number of hydrogen-bond acceptors (Lipinski definition) is 4. The van der Waals surface area contributed by atoms with Crippen LogP contribution in [0, 0.1) is 12.7 Å². The van der Waals surface area contributed by atoms with Gasteiger partial charge in [-0.1, -0.05) is 0 Å². The first kappa shape index (κ1) is 14.7. The molecule has 0 bridgehead atoms. The summed E-state index contributed by atoms with van der Waals surface area (Å²) >= 11 is 0. The monoisotopic (exact) mass is 299 g/mol. The molecule has 2 rings (SSSR count). The lowest BCUT2D eigenvalue weighted by atomic mass is 10.2. The number of rotatable bonds is 5. The van der Waals surface area contributed by atoms with E-state index in [1.807, 2.05) is 0 Å². The average Bonchev–Trinajstić information content (AvgIpc) is 2.93. The molecule has 5 nitrogen and oxygen atoms in total. The highest BCUT2D eigenvalue weighted by Crippen LogP contribution is 2.16. The first-order chi connectivity index (χ1) is 9.40. The maximum absolute atomic E-state index is 13.1. The van der Waals surface area contributed by atoms with Crippen LogP contribution in [0.25, 0.3) is 0 Å². The first-order valence-corrected chi connectivity index (χ1v) is 7.36. The normalized spacial score (nSPS) is 13.3. The molecule has 0 aliphatic rings. The molecule has 0 amide bonds. The Morgan fingerprint density at radius 1 is 1.40 bits per heavy atom. The Morgan fingerprint density at radius 2 is 2.15 bits per heavy atom. The second-order valence-corrected chi connectivity index (χ2v) is 6.06. The molecule has 0 aliphatic carbocycles. The summed E-state index contributed by atoms with van der Waals surface area (Å²) in [5.74, 6) is -0.206. The molecule has 1 aromatic heterocycles. The van der Waals surface area contributed by atoms with Crippen molar-refractivity contribution in [2.75, 3.05) is 6.54 Å². The van der Waals surface area contributed by atoms with E-state index in [2.05, 4.69) is 4.72 Å². The van der Waals surface area contributed by atoms with E-state index < -0.39 is 21.9 Å². The van der Waals surface area contributed by atoms with Crippen LogP contribution < -0.4 is 4.72 Å². The van der Waals surface area contributed by atoms with Gasteiger partial charge in [-0.15, -0.1) is 0 Å². The van der Waals surface area contributed by atoms with Crippen molar-refractivity contribution in [1.82, 2.24) is 4.72 Å². The van der Waals surface area contributed by atoms with Crippen LogP contribution in [0.1, 0.15) is 17.4 Å². The van der Waals surface area contributed by atoms with Gasteiger partial charge in [0.05, 0.1) is 11.2 Å². The van der Waals surface area contributed by atoms with Gasteiger partial charge < -0.3 is 9.52 Å². The Hall–Kier alpha value is -1.70. The third kappa shape index (κ3) is 3.24. The van der Waals surface area contributed by atoms with Gasteiger partial charge in [-0.3, -0.25) is 0 Å². The van der Waals surface area contributed by atoms with Gasteiger partial charge in [0.25, 0.3) is 0 Å². The Kier molecular flexibility index (Phi) is 4.22. The van der Waals surface area contributed by atoms with Crippen molar-refractivity contribution in [2.24, 2.45) is 0 Å². The summed E-state index contributed by atoms with van der Waals surface area (Å²) in [4.78, 5) is -0.0527. The fourth-order valence-corrected chi connectivity index (χ4v) is 2.76. The maximum atomic E-state index is 13.1. The number of nitrogens with one attached hydrogen (secondary N) is 1. The van der Waals surface area contributed by atoms with E-state index in [-0.39, 0.29) is 22.8 Å². The van der Waals surface area contributed by atoms with Gasteiger partial charge in [0.2, 0.25) is 10.0 Å². The van der Waals surface area contributed by atoms with Crippen LogP contribution in [-0.4, -0.2) is 20.1 Å². The fourth-order valence-electron chi connectivity index (χ4n) is 1.64. The summed E-state index contributed by atoms with van der Waals surface area (Å²) < 4.78 is 44.3. The predicted molar refractivity (Wildman–Crippen MR) is 70.0 cm³/mol. The van der Waals surface area contributed by atoms with Gasteiger partial charge in [-0.05, 0) is 42.8 Å². The summed E-state index contributed by atoms with van der Waals surface area (Å²) in [6, 6.07) is 6.63. The second-order valence-electron chi connectivity index (χ2n) is 4.29. The number of aryl methyl sites for hydroxylation is 1. The van der Waals surface area contributed by atoms with Crippen LogP contribution in [0.4, 0.5) is 4.39 Å². The van der Waals surface area contributed by atoms with E-state index in [4.69, 9.17) is 4.42 Å². The molecule has 0 aliphatic heterocycles. The van der Waals surface area contributed by atoms with Crippen molar-refractivity contribution in [3.05, 3.63) is 53.7 Å². The molecule has 20 heavy (non-hydrogen) atoms. The summed E-state index contributed by atoms with van der Waals surface area (Å²) in [7, 11) is -3.80. The molecule has 1 atom stereocenters. The molecular weight excluding hydrogens is 285 g/mol. The molecule has 0 saturated carbocycles. The lowest BCUT2D eigenvalue weighted by Crippen LogP contribution is -2.28. The Morgan fingerprint density at radius 3 is 2.75 bits per heavy atom. The van der Waals surface area contributed by atoms with Crippen LogP contribution in [0.2, 0.25) is 0 Å². The highest BCUT2D eigenvalue weighted by molar-refractivity contribution is 7.89. The van der Waals surface area contributed by atoms with E-state index in [1.54, 1.807) is 12.1 Å². The fraction of sp³-hybridized carbons (Fsp3) is 0.231. The van der Waals surface area contributed by atoms with E-state index >= 15 is 0 Å². The average molecular weight is 299 g/mol. The summed E-state index contributed by atoms with van der Waals surface area (Å²) in [6.45, 7) is 1.25. The van der Waals surface area contributed by atoms with Crippen molar-refractivity contribution in [2.45, 2.75) is 17.9 Å². The van der Waals surface area contributed by atoms with Gasteiger partial charge in [0.15, 0.2) is 0 Å². The highest BCUT2D eigenvalue weighted by Gasteiger charge is 2.18. The summed E-state index contributed by atoms with van der Waals surface area (Å²) in [5.41, 5.74) is 0.236. The zero-order valence-corrected chi connectivity index (χ0v) is 11.5. The number of aliphatic hydroxyl groups excluding tert-OH is 1. The van der Waals surface area contributed by atoms with Crippen LogP contribution in [0.3, 0.4) is 0 Å². The molecule has 7 heteroatoms. The van der Waals surface area contributed by atoms with Crippen LogP contribution in [-0.2, 0) is 10.0 Å². The molecule has 1 heterocycles. The zero-order chi connectivity index (χ0) is 14.8. The Labute approximate surface area is 116 Å². The number of furan rings is 1. The summed E-state index contributed by atoms with van der Waals surface area (Å²) in [5, 5.41) is 9.74. The lowest BCUT2D eigenvalue weighted by Gasteiger charge is -2.11. The number of benzene rings is 1. The van der Waals surface area contributed by atoms with Gasteiger partial charge in [-0.25, -0.2) is 17.5 Å². The van der Waals surface area contributed by atoms with Gasteiger partial charge >= 0.3 is 0 Å². The molecule has 1 unspecified atom stereocenters. The largest absolute Gasteiger partial charge is 0.467 e. The van der Waals surface area contributed by atoms with Crippen LogP contribution in [0.5, 0.6) is 0 Å². The third-order valence-corrected chi connectivity index (χ3v) is 4.20. The minimum absolute atomic E-state index is 0.0527. The molecule has 0 spiro atoms. The minimum atomic E-state index is -3.80. The quantitative estimate of drug-likeness (QED) is 0.881. The van der Waals surface area contributed by atoms with Gasteiger partial charge in [-0.2, -0.15) is 0 Å². The number of sulfonamides is 1. The molecule has 0 radical (unpaired) electrons. The van der Waals surface area contributed by atoms with Crippen molar-refractivity contribution >= 4 is 10.0 Å². The van der Waals surface area contributed by atoms with Crippen LogP contribution >= 0.6 is 0 Å². The van der Waals surface area contributed by atoms with E-state index in [0.29, 0.717) is 0 Å². The standard InChI is InChI=1S/C13H14FNO4S/c1-9-7-10(4-5-11(9)14)20(17,18)15-8-12(16)13-3-2-6-19-13/h2-7,12,15-16H,8H2,1H3. The van der Waals surface area contributed by atoms with Gasteiger partial charge in [0, 0.05) is 6.54 Å². The van der Waals surface area contributed by atoms with Crippen molar-refractivity contribution in [3.8, 4) is 0 Å². The zero-order valence-electron chi connectivity index (χ0n) is 10.7. The second kappa shape index (κ2) is 5.74. The maximum Gasteiger partial charge on any atom is 0.240 e. The Balaban J connectivity index is 2.09. The molecular formula is C13H14FNO4S. The molecule has 108 valence electrons. The van der Waals surface area contributed by atoms with Gasteiger partial charge in [0.1, 0.15) is 17.7 Å². The number of aliphatic hydroxyl groups is 1. The van der Waals surface area contributed by atoms with E-state index in [1.165, 1.54) is 25.3 Å². The van der Waals surface area contributed by atoms with E-state index in [0.717, 1.165) is 6.07 Å².